The van der Waals surface area contributed by atoms with Gasteiger partial charge in [-0.25, -0.2) is 9.67 Å². The van der Waals surface area contributed by atoms with Crippen LogP contribution in [0.25, 0.3) is 0 Å². The van der Waals surface area contributed by atoms with Crippen molar-refractivity contribution < 1.29 is 9.53 Å². The quantitative estimate of drug-likeness (QED) is 0.770. The third-order valence-electron chi connectivity index (χ3n) is 2.98. The molecule has 1 aromatic rings. The highest BCUT2D eigenvalue weighted by atomic mass is 16.5. The number of nitrogens with zero attached hydrogens (tertiary/aromatic N) is 3. The third kappa shape index (κ3) is 4.71. The summed E-state index contributed by atoms with van der Waals surface area (Å²) < 4.78 is 7.44. The number of aromatic nitrogens is 3. The van der Waals surface area contributed by atoms with Crippen LogP contribution in [0.5, 0.6) is 0 Å². The van der Waals surface area contributed by atoms with Gasteiger partial charge in [-0.2, -0.15) is 5.10 Å². The minimum absolute atomic E-state index is 0.0670. The maximum atomic E-state index is 12.5. The van der Waals surface area contributed by atoms with Gasteiger partial charge >= 0.3 is 0 Å². The molecule has 0 amide bonds. The highest BCUT2D eigenvalue weighted by molar-refractivity contribution is 5.85. The molecule has 0 aliphatic carbocycles. The van der Waals surface area contributed by atoms with Gasteiger partial charge in [-0.15, -0.1) is 0 Å². The number of hydrogen-bond acceptors (Lipinski definition) is 4. The van der Waals surface area contributed by atoms with E-state index in [0.717, 1.165) is 12.4 Å². The summed E-state index contributed by atoms with van der Waals surface area (Å²) in [5.74, 6) is 1.26. The summed E-state index contributed by atoms with van der Waals surface area (Å²) in [6.45, 7) is 13.5. The molecule has 0 saturated heterocycles. The Labute approximate surface area is 121 Å². The molecule has 0 bridgehead atoms. The topological polar surface area (TPSA) is 57.0 Å². The van der Waals surface area contributed by atoms with E-state index >= 15 is 0 Å². The highest BCUT2D eigenvalue weighted by Crippen LogP contribution is 2.24. The minimum atomic E-state index is -0.406. The second-order valence-electron chi connectivity index (χ2n) is 6.60. The fourth-order valence-electron chi connectivity index (χ4n) is 2.16. The van der Waals surface area contributed by atoms with Crippen molar-refractivity contribution >= 4 is 5.78 Å². The van der Waals surface area contributed by atoms with Gasteiger partial charge in [0.05, 0.1) is 6.42 Å². The van der Waals surface area contributed by atoms with Crippen molar-refractivity contribution in [3.63, 3.8) is 0 Å². The van der Waals surface area contributed by atoms with Gasteiger partial charge in [0.2, 0.25) is 0 Å². The van der Waals surface area contributed by atoms with Gasteiger partial charge in [-0.3, -0.25) is 4.79 Å². The lowest BCUT2D eigenvalue weighted by atomic mass is 9.85. The van der Waals surface area contributed by atoms with E-state index in [1.165, 1.54) is 6.33 Å². The minimum Gasteiger partial charge on any atom is -0.370 e. The fraction of sp³-hybridized carbons (Fsp3) is 0.800. The molecule has 0 N–H and O–H groups in total. The molecule has 0 aliphatic rings. The summed E-state index contributed by atoms with van der Waals surface area (Å²) in [6, 6.07) is 0. The lowest BCUT2D eigenvalue weighted by Crippen LogP contribution is -2.38. The van der Waals surface area contributed by atoms with Gasteiger partial charge in [0.15, 0.2) is 5.78 Å². The van der Waals surface area contributed by atoms with Crippen LogP contribution in [0.3, 0.4) is 0 Å². The Morgan fingerprint density at radius 1 is 1.40 bits per heavy atom. The van der Waals surface area contributed by atoms with Crippen molar-refractivity contribution in [2.75, 3.05) is 6.61 Å². The van der Waals surface area contributed by atoms with E-state index in [-0.39, 0.29) is 17.6 Å². The second-order valence-corrected chi connectivity index (χ2v) is 6.60. The lowest BCUT2D eigenvalue weighted by molar-refractivity contribution is -0.136. The summed E-state index contributed by atoms with van der Waals surface area (Å²) >= 11 is 0. The van der Waals surface area contributed by atoms with E-state index in [1.807, 2.05) is 32.4 Å². The fourth-order valence-corrected chi connectivity index (χ4v) is 2.16. The van der Waals surface area contributed by atoms with Crippen molar-refractivity contribution in [1.29, 1.82) is 0 Å². The van der Waals surface area contributed by atoms with Crippen LogP contribution in [-0.4, -0.2) is 33.3 Å². The Kier molecular flexibility index (Phi) is 5.87. The van der Waals surface area contributed by atoms with E-state index in [4.69, 9.17) is 4.74 Å². The van der Waals surface area contributed by atoms with Crippen LogP contribution in [0.2, 0.25) is 0 Å². The van der Waals surface area contributed by atoms with E-state index < -0.39 is 6.10 Å². The maximum Gasteiger partial charge on any atom is 0.169 e. The van der Waals surface area contributed by atoms with Crippen molar-refractivity contribution in [1.82, 2.24) is 14.8 Å². The number of Topliss-reactive ketones (excluding diaryl/α,β-unsaturated/α-hetero) is 1. The monoisotopic (exact) mass is 281 g/mol. The molecule has 20 heavy (non-hydrogen) atoms. The van der Waals surface area contributed by atoms with Gasteiger partial charge in [-0.1, -0.05) is 34.6 Å². The number of carbonyl (C=O) groups excluding carboxylic acids is 1. The molecule has 1 atom stereocenters. The maximum absolute atomic E-state index is 12.5. The number of ketones is 1. The molecule has 1 heterocycles. The van der Waals surface area contributed by atoms with Crippen LogP contribution >= 0.6 is 0 Å². The lowest BCUT2D eigenvalue weighted by Gasteiger charge is -2.29. The van der Waals surface area contributed by atoms with Crippen molar-refractivity contribution in [2.24, 2.45) is 11.3 Å². The van der Waals surface area contributed by atoms with E-state index in [9.17, 15) is 4.79 Å². The smallest absolute Gasteiger partial charge is 0.169 e. The molecule has 0 spiro atoms. The first-order valence-corrected chi connectivity index (χ1v) is 7.26. The number of rotatable bonds is 7. The molecule has 114 valence electrons. The molecule has 1 aromatic heterocycles. The zero-order valence-electron chi connectivity index (χ0n) is 13.5. The largest absolute Gasteiger partial charge is 0.370 e. The van der Waals surface area contributed by atoms with Crippen LogP contribution in [0, 0.1) is 11.3 Å². The highest BCUT2D eigenvalue weighted by Gasteiger charge is 2.32. The standard InChI is InChI=1S/C15H27N3O2/c1-7-20-14(15(4,5)6)12(19)8-13-16-10-17-18(13)9-11(2)3/h10-11,14H,7-9H2,1-6H3. The molecule has 0 aliphatic heterocycles. The van der Waals surface area contributed by atoms with Gasteiger partial charge in [-0.05, 0) is 18.3 Å². The molecule has 0 fully saturated rings. The number of hydrogen-bond donors (Lipinski definition) is 0. The van der Waals surface area contributed by atoms with Gasteiger partial charge < -0.3 is 4.74 Å². The summed E-state index contributed by atoms with van der Waals surface area (Å²) in [6.07, 6.45) is 1.38. The zero-order chi connectivity index (χ0) is 15.3. The van der Waals surface area contributed by atoms with Crippen LogP contribution in [0.1, 0.15) is 47.4 Å². The SMILES string of the molecule is CCOC(C(=O)Cc1ncnn1CC(C)C)C(C)(C)C. The first kappa shape index (κ1) is 16.8. The predicted molar refractivity (Wildman–Crippen MR) is 78.4 cm³/mol. The first-order valence-electron chi connectivity index (χ1n) is 7.26. The molecule has 5 heteroatoms. The van der Waals surface area contributed by atoms with E-state index in [1.54, 1.807) is 0 Å². The van der Waals surface area contributed by atoms with Crippen molar-refractivity contribution in [2.45, 2.75) is 60.6 Å². The van der Waals surface area contributed by atoms with Gasteiger partial charge in [0.25, 0.3) is 0 Å². The van der Waals surface area contributed by atoms with E-state index in [0.29, 0.717) is 12.5 Å². The van der Waals surface area contributed by atoms with E-state index in [2.05, 4.69) is 23.9 Å². The Morgan fingerprint density at radius 3 is 2.55 bits per heavy atom. The molecular formula is C15H27N3O2. The Morgan fingerprint density at radius 2 is 2.05 bits per heavy atom. The molecule has 5 nitrogen and oxygen atoms in total. The van der Waals surface area contributed by atoms with Crippen molar-refractivity contribution in [3.8, 4) is 0 Å². The Hall–Kier alpha value is -1.23. The van der Waals surface area contributed by atoms with Crippen LogP contribution < -0.4 is 0 Å². The average molecular weight is 281 g/mol. The van der Waals surface area contributed by atoms with Gasteiger partial charge in [0, 0.05) is 13.2 Å². The summed E-state index contributed by atoms with van der Waals surface area (Å²) in [7, 11) is 0. The molecule has 0 aromatic carbocycles. The number of carbonyl (C=O) groups is 1. The molecule has 1 rings (SSSR count). The van der Waals surface area contributed by atoms with Crippen LogP contribution in [0.4, 0.5) is 0 Å². The summed E-state index contributed by atoms with van der Waals surface area (Å²) in [5, 5.41) is 4.19. The molecule has 1 unspecified atom stereocenters. The predicted octanol–water partition coefficient (Wildman–Crippen LogP) is 2.50. The Bertz CT molecular complexity index is 433. The van der Waals surface area contributed by atoms with Crippen molar-refractivity contribution in [3.05, 3.63) is 12.2 Å². The molecule has 0 radical (unpaired) electrons. The second kappa shape index (κ2) is 6.97. The van der Waals surface area contributed by atoms with Crippen LogP contribution in [-0.2, 0) is 22.5 Å². The summed E-state index contributed by atoms with van der Waals surface area (Å²) in [5.41, 5.74) is -0.212. The molecule has 0 saturated carbocycles. The number of ether oxygens (including phenoxy) is 1. The third-order valence-corrected chi connectivity index (χ3v) is 2.98. The molecular weight excluding hydrogens is 254 g/mol. The Balaban J connectivity index is 2.81. The average Bonchev–Trinajstić information content (AvgIpc) is 2.70. The zero-order valence-corrected chi connectivity index (χ0v) is 13.5. The normalized spacial score (nSPS) is 13.8. The van der Waals surface area contributed by atoms with Gasteiger partial charge in [0.1, 0.15) is 18.3 Å². The first-order chi connectivity index (χ1) is 9.25. The van der Waals surface area contributed by atoms with Crippen LogP contribution in [0.15, 0.2) is 6.33 Å². The summed E-state index contributed by atoms with van der Waals surface area (Å²) in [4.78, 5) is 16.7.